The number of halogens is 4. The average Bonchev–Trinajstić information content (AvgIpc) is 3.06. The summed E-state index contributed by atoms with van der Waals surface area (Å²) in [4.78, 5) is 12.1. The predicted molar refractivity (Wildman–Crippen MR) is 88.2 cm³/mol. The van der Waals surface area contributed by atoms with Gasteiger partial charge in [0.15, 0.2) is 0 Å². The number of carbonyl (C=O) groups excluding carboxylic acids is 1. The molecule has 1 aromatic heterocycles. The summed E-state index contributed by atoms with van der Waals surface area (Å²) in [5, 5.41) is 0. The smallest absolute Gasteiger partial charge is 0.416 e. The average molecular weight is 411 g/mol. The van der Waals surface area contributed by atoms with Gasteiger partial charge in [-0.2, -0.15) is 13.2 Å². The molecular weight excluding hydrogens is 401 g/mol. The third kappa shape index (κ3) is 3.93. The van der Waals surface area contributed by atoms with Gasteiger partial charge in [-0.25, -0.2) is 4.79 Å². The Kier molecular flexibility index (Phi) is 4.67. The van der Waals surface area contributed by atoms with Crippen molar-refractivity contribution < 1.29 is 27.1 Å². The SMILES string of the molecule is O=C(Oc1ccccc1Br)c1ccc(-c2cccc(C(F)(F)F)c2)o1. The fourth-order valence-corrected chi connectivity index (χ4v) is 2.49. The molecule has 0 spiro atoms. The quantitative estimate of drug-likeness (QED) is 0.395. The van der Waals surface area contributed by atoms with Crippen LogP contribution in [0.25, 0.3) is 11.3 Å². The van der Waals surface area contributed by atoms with Crippen molar-refractivity contribution in [2.45, 2.75) is 6.18 Å². The number of hydrogen-bond donors (Lipinski definition) is 0. The van der Waals surface area contributed by atoms with Gasteiger partial charge in [0.05, 0.1) is 10.0 Å². The molecule has 0 saturated carbocycles. The molecule has 2 aromatic carbocycles. The number of alkyl halides is 3. The fourth-order valence-electron chi connectivity index (χ4n) is 2.13. The summed E-state index contributed by atoms with van der Waals surface area (Å²) >= 11 is 3.25. The largest absolute Gasteiger partial charge is 0.449 e. The second-order valence-electron chi connectivity index (χ2n) is 5.06. The molecule has 0 amide bonds. The summed E-state index contributed by atoms with van der Waals surface area (Å²) in [6.07, 6.45) is -4.45. The summed E-state index contributed by atoms with van der Waals surface area (Å²) < 4.78 is 49.5. The number of benzene rings is 2. The van der Waals surface area contributed by atoms with Gasteiger partial charge in [0.1, 0.15) is 11.5 Å². The molecule has 128 valence electrons. The van der Waals surface area contributed by atoms with Gasteiger partial charge in [0.2, 0.25) is 5.76 Å². The second-order valence-corrected chi connectivity index (χ2v) is 5.92. The van der Waals surface area contributed by atoms with Crippen LogP contribution in [-0.4, -0.2) is 5.97 Å². The monoisotopic (exact) mass is 410 g/mol. The van der Waals surface area contributed by atoms with Crippen molar-refractivity contribution in [3.05, 3.63) is 76.5 Å². The lowest BCUT2D eigenvalue weighted by atomic mass is 10.1. The zero-order chi connectivity index (χ0) is 18.0. The van der Waals surface area contributed by atoms with E-state index in [9.17, 15) is 18.0 Å². The summed E-state index contributed by atoms with van der Waals surface area (Å²) in [6.45, 7) is 0. The van der Waals surface area contributed by atoms with Crippen molar-refractivity contribution in [1.82, 2.24) is 0 Å². The highest BCUT2D eigenvalue weighted by molar-refractivity contribution is 9.10. The van der Waals surface area contributed by atoms with Crippen molar-refractivity contribution >= 4 is 21.9 Å². The van der Waals surface area contributed by atoms with E-state index >= 15 is 0 Å². The van der Waals surface area contributed by atoms with E-state index in [-0.39, 0.29) is 17.1 Å². The summed E-state index contributed by atoms with van der Waals surface area (Å²) in [6, 6.07) is 14.2. The molecule has 0 aliphatic heterocycles. The molecule has 7 heteroatoms. The highest BCUT2D eigenvalue weighted by Crippen LogP contribution is 2.33. The number of para-hydroxylation sites is 1. The van der Waals surface area contributed by atoms with E-state index in [4.69, 9.17) is 9.15 Å². The lowest BCUT2D eigenvalue weighted by Gasteiger charge is -2.07. The van der Waals surface area contributed by atoms with Crippen molar-refractivity contribution in [1.29, 1.82) is 0 Å². The molecule has 0 atom stereocenters. The molecule has 25 heavy (non-hydrogen) atoms. The molecule has 0 unspecified atom stereocenters. The molecule has 3 aromatic rings. The van der Waals surface area contributed by atoms with Gasteiger partial charge >= 0.3 is 12.1 Å². The molecular formula is C18H10BrF3O3. The zero-order valence-corrected chi connectivity index (χ0v) is 14.1. The minimum absolute atomic E-state index is 0.108. The third-order valence-electron chi connectivity index (χ3n) is 3.32. The zero-order valence-electron chi connectivity index (χ0n) is 12.5. The van der Waals surface area contributed by atoms with E-state index in [2.05, 4.69) is 15.9 Å². The van der Waals surface area contributed by atoms with E-state index < -0.39 is 17.7 Å². The maximum absolute atomic E-state index is 12.8. The van der Waals surface area contributed by atoms with Crippen LogP contribution in [0.2, 0.25) is 0 Å². The molecule has 0 aliphatic rings. The van der Waals surface area contributed by atoms with Gasteiger partial charge in [-0.05, 0) is 52.3 Å². The van der Waals surface area contributed by atoms with Gasteiger partial charge in [-0.15, -0.1) is 0 Å². The van der Waals surface area contributed by atoms with E-state index in [1.807, 2.05) is 0 Å². The number of rotatable bonds is 3. The molecule has 0 aliphatic carbocycles. The van der Waals surface area contributed by atoms with Gasteiger partial charge in [-0.3, -0.25) is 0 Å². The van der Waals surface area contributed by atoms with Crippen LogP contribution in [0.3, 0.4) is 0 Å². The van der Waals surface area contributed by atoms with Gasteiger partial charge in [0, 0.05) is 5.56 Å². The second kappa shape index (κ2) is 6.76. The highest BCUT2D eigenvalue weighted by Gasteiger charge is 2.30. The van der Waals surface area contributed by atoms with E-state index in [0.717, 1.165) is 12.1 Å². The van der Waals surface area contributed by atoms with E-state index in [1.165, 1.54) is 24.3 Å². The van der Waals surface area contributed by atoms with Crippen LogP contribution in [0.15, 0.2) is 69.6 Å². The number of carbonyl (C=O) groups is 1. The summed E-state index contributed by atoms with van der Waals surface area (Å²) in [5.74, 6) is -0.400. The predicted octanol–water partition coefficient (Wildman–Crippen LogP) is 5.95. The minimum Gasteiger partial charge on any atom is -0.449 e. The molecule has 1 heterocycles. The number of ether oxygens (including phenoxy) is 1. The van der Waals surface area contributed by atoms with Crippen LogP contribution < -0.4 is 4.74 Å². The maximum atomic E-state index is 12.8. The standard InChI is InChI=1S/C18H10BrF3O3/c19-13-6-1-2-7-15(13)25-17(23)16-9-8-14(24-16)11-4-3-5-12(10-11)18(20,21)22/h1-10H. The normalized spacial score (nSPS) is 11.4. The van der Waals surface area contributed by atoms with Crippen LogP contribution in [0.5, 0.6) is 5.75 Å². The van der Waals surface area contributed by atoms with Crippen molar-refractivity contribution in [2.24, 2.45) is 0 Å². The van der Waals surface area contributed by atoms with Crippen LogP contribution in [0.4, 0.5) is 13.2 Å². The number of furan rings is 1. The van der Waals surface area contributed by atoms with Gasteiger partial charge in [0.25, 0.3) is 0 Å². The van der Waals surface area contributed by atoms with Crippen LogP contribution in [0.1, 0.15) is 16.1 Å². The molecule has 0 radical (unpaired) electrons. The maximum Gasteiger partial charge on any atom is 0.416 e. The Morgan fingerprint density at radius 1 is 1.00 bits per heavy atom. The minimum atomic E-state index is -4.45. The van der Waals surface area contributed by atoms with Crippen LogP contribution in [-0.2, 0) is 6.18 Å². The number of hydrogen-bond acceptors (Lipinski definition) is 3. The van der Waals surface area contributed by atoms with Crippen LogP contribution >= 0.6 is 15.9 Å². The third-order valence-corrected chi connectivity index (χ3v) is 3.98. The molecule has 0 saturated heterocycles. The van der Waals surface area contributed by atoms with E-state index in [1.54, 1.807) is 24.3 Å². The molecule has 3 nitrogen and oxygen atoms in total. The Labute approximate surface area is 149 Å². The fraction of sp³-hybridized carbons (Fsp3) is 0.0556. The lowest BCUT2D eigenvalue weighted by molar-refractivity contribution is -0.137. The Morgan fingerprint density at radius 2 is 1.76 bits per heavy atom. The topological polar surface area (TPSA) is 39.4 Å². The first-order valence-electron chi connectivity index (χ1n) is 7.09. The van der Waals surface area contributed by atoms with Crippen LogP contribution in [0, 0.1) is 0 Å². The van der Waals surface area contributed by atoms with Crippen molar-refractivity contribution in [2.75, 3.05) is 0 Å². The Hall–Kier alpha value is -2.54. The Bertz CT molecular complexity index is 916. The number of esters is 1. The van der Waals surface area contributed by atoms with Gasteiger partial charge in [-0.1, -0.05) is 24.3 Å². The van der Waals surface area contributed by atoms with Crippen molar-refractivity contribution in [3.63, 3.8) is 0 Å². The molecule has 0 fully saturated rings. The Morgan fingerprint density at radius 3 is 2.48 bits per heavy atom. The lowest BCUT2D eigenvalue weighted by Crippen LogP contribution is -2.07. The molecule has 0 bridgehead atoms. The van der Waals surface area contributed by atoms with Gasteiger partial charge < -0.3 is 9.15 Å². The Balaban J connectivity index is 1.83. The molecule has 0 N–H and O–H groups in total. The van der Waals surface area contributed by atoms with E-state index in [0.29, 0.717) is 10.2 Å². The first-order chi connectivity index (χ1) is 11.8. The first kappa shape index (κ1) is 17.3. The van der Waals surface area contributed by atoms with Crippen molar-refractivity contribution in [3.8, 4) is 17.1 Å². The summed E-state index contributed by atoms with van der Waals surface area (Å²) in [5.41, 5.74) is -0.575. The molecule has 3 rings (SSSR count). The first-order valence-corrected chi connectivity index (χ1v) is 7.88. The summed E-state index contributed by atoms with van der Waals surface area (Å²) in [7, 11) is 0. The highest BCUT2D eigenvalue weighted by atomic mass is 79.9.